The number of rotatable bonds is 3. The predicted molar refractivity (Wildman–Crippen MR) is 52.1 cm³/mol. The van der Waals surface area contributed by atoms with Gasteiger partial charge in [-0.25, -0.2) is 4.79 Å². The Morgan fingerprint density at radius 1 is 1.35 bits per heavy atom. The van der Waals surface area contributed by atoms with Crippen molar-refractivity contribution in [3.8, 4) is 5.75 Å². The Kier molecular flexibility index (Phi) is 2.73. The fourth-order valence-corrected chi connectivity index (χ4v) is 1.34. The average molecular weight is 246 g/mol. The van der Waals surface area contributed by atoms with Crippen LogP contribution in [0.5, 0.6) is 5.75 Å². The van der Waals surface area contributed by atoms with Crippen LogP contribution in [-0.4, -0.2) is 17.2 Å². The lowest BCUT2D eigenvalue weighted by Crippen LogP contribution is -2.10. The van der Waals surface area contributed by atoms with Gasteiger partial charge in [-0.3, -0.25) is 0 Å². The highest BCUT2D eigenvalue weighted by Crippen LogP contribution is 2.34. The molecule has 0 heterocycles. The standard InChI is InChI=1S/C11H9F3O3/c12-11(13,14)6-1-4-9(17-7-2-3-7)8(5-6)10(15)16/h1,4-5,7H,2-3H2,(H,15,16). The molecule has 0 aliphatic heterocycles. The van der Waals surface area contributed by atoms with Crippen LogP contribution < -0.4 is 4.74 Å². The van der Waals surface area contributed by atoms with Gasteiger partial charge in [0.05, 0.1) is 11.7 Å². The van der Waals surface area contributed by atoms with Crippen LogP contribution in [0.15, 0.2) is 18.2 Å². The molecule has 6 heteroatoms. The van der Waals surface area contributed by atoms with Crippen molar-refractivity contribution >= 4 is 5.97 Å². The molecule has 17 heavy (non-hydrogen) atoms. The molecule has 1 aromatic carbocycles. The summed E-state index contributed by atoms with van der Waals surface area (Å²) in [6.07, 6.45) is -3.01. The van der Waals surface area contributed by atoms with Crippen molar-refractivity contribution in [3.05, 3.63) is 29.3 Å². The van der Waals surface area contributed by atoms with Crippen molar-refractivity contribution in [1.82, 2.24) is 0 Å². The molecule has 1 aliphatic rings. The minimum atomic E-state index is -4.55. The molecule has 1 aliphatic carbocycles. The number of carbonyl (C=O) groups is 1. The largest absolute Gasteiger partial charge is 0.490 e. The van der Waals surface area contributed by atoms with E-state index in [0.717, 1.165) is 25.0 Å². The normalized spacial score (nSPS) is 15.7. The summed E-state index contributed by atoms with van der Waals surface area (Å²) in [5.74, 6) is -1.43. The van der Waals surface area contributed by atoms with Gasteiger partial charge in [-0.1, -0.05) is 0 Å². The van der Waals surface area contributed by atoms with E-state index in [1.165, 1.54) is 0 Å². The Balaban J connectivity index is 2.36. The third-order valence-electron chi connectivity index (χ3n) is 2.36. The summed E-state index contributed by atoms with van der Waals surface area (Å²) in [5, 5.41) is 8.84. The molecule has 2 rings (SSSR count). The van der Waals surface area contributed by atoms with E-state index in [2.05, 4.69) is 0 Å². The van der Waals surface area contributed by atoms with Crippen molar-refractivity contribution < 1.29 is 27.8 Å². The van der Waals surface area contributed by atoms with Crippen LogP contribution in [0.2, 0.25) is 0 Å². The molecule has 1 N–H and O–H groups in total. The van der Waals surface area contributed by atoms with Crippen LogP contribution in [0.4, 0.5) is 13.2 Å². The van der Waals surface area contributed by atoms with Crippen molar-refractivity contribution in [2.45, 2.75) is 25.1 Å². The number of carboxylic acids is 1. The van der Waals surface area contributed by atoms with Crippen LogP contribution in [0, 0.1) is 0 Å². The van der Waals surface area contributed by atoms with Crippen LogP contribution in [0.1, 0.15) is 28.8 Å². The van der Waals surface area contributed by atoms with Gasteiger partial charge in [-0.15, -0.1) is 0 Å². The maximum Gasteiger partial charge on any atom is 0.416 e. The van der Waals surface area contributed by atoms with Gasteiger partial charge in [0.2, 0.25) is 0 Å². The van der Waals surface area contributed by atoms with Gasteiger partial charge in [0.1, 0.15) is 11.3 Å². The summed E-state index contributed by atoms with van der Waals surface area (Å²) in [4.78, 5) is 10.9. The number of hydrogen-bond donors (Lipinski definition) is 1. The molecule has 1 saturated carbocycles. The highest BCUT2D eigenvalue weighted by atomic mass is 19.4. The van der Waals surface area contributed by atoms with Gasteiger partial charge in [0, 0.05) is 0 Å². The van der Waals surface area contributed by atoms with Crippen molar-refractivity contribution in [2.24, 2.45) is 0 Å². The van der Waals surface area contributed by atoms with Crippen molar-refractivity contribution in [1.29, 1.82) is 0 Å². The van der Waals surface area contributed by atoms with Gasteiger partial charge in [0.25, 0.3) is 0 Å². The molecule has 0 bridgehead atoms. The highest BCUT2D eigenvalue weighted by Gasteiger charge is 2.33. The molecule has 1 fully saturated rings. The maximum atomic E-state index is 12.4. The third-order valence-corrected chi connectivity index (χ3v) is 2.36. The Morgan fingerprint density at radius 2 is 2.00 bits per heavy atom. The smallest absolute Gasteiger partial charge is 0.416 e. The molecule has 0 spiro atoms. The maximum absolute atomic E-state index is 12.4. The lowest BCUT2D eigenvalue weighted by Gasteiger charge is -2.11. The minimum Gasteiger partial charge on any atom is -0.490 e. The van der Waals surface area contributed by atoms with E-state index in [4.69, 9.17) is 9.84 Å². The van der Waals surface area contributed by atoms with Gasteiger partial charge in [0.15, 0.2) is 0 Å². The number of carboxylic acid groups (broad SMARTS) is 1. The lowest BCUT2D eigenvalue weighted by atomic mass is 10.1. The van der Waals surface area contributed by atoms with E-state index in [1.807, 2.05) is 0 Å². The average Bonchev–Trinajstić information content (AvgIpc) is 3.00. The van der Waals surface area contributed by atoms with E-state index < -0.39 is 23.3 Å². The zero-order valence-electron chi connectivity index (χ0n) is 8.62. The van der Waals surface area contributed by atoms with E-state index in [9.17, 15) is 18.0 Å². The molecular weight excluding hydrogens is 237 g/mol. The van der Waals surface area contributed by atoms with E-state index in [1.54, 1.807) is 0 Å². The van der Waals surface area contributed by atoms with E-state index >= 15 is 0 Å². The van der Waals surface area contributed by atoms with E-state index in [-0.39, 0.29) is 11.9 Å². The zero-order valence-corrected chi connectivity index (χ0v) is 8.62. The van der Waals surface area contributed by atoms with Gasteiger partial charge in [-0.2, -0.15) is 13.2 Å². The molecule has 92 valence electrons. The molecule has 0 saturated heterocycles. The van der Waals surface area contributed by atoms with E-state index in [0.29, 0.717) is 6.07 Å². The predicted octanol–water partition coefficient (Wildman–Crippen LogP) is 2.94. The summed E-state index contributed by atoms with van der Waals surface area (Å²) < 4.78 is 42.4. The number of aromatic carboxylic acids is 1. The topological polar surface area (TPSA) is 46.5 Å². The molecule has 0 radical (unpaired) electrons. The van der Waals surface area contributed by atoms with Crippen molar-refractivity contribution in [3.63, 3.8) is 0 Å². The number of halogens is 3. The fourth-order valence-electron chi connectivity index (χ4n) is 1.34. The first-order valence-electron chi connectivity index (χ1n) is 4.99. The summed E-state index contributed by atoms with van der Waals surface area (Å²) in [6.45, 7) is 0. The number of alkyl halides is 3. The van der Waals surface area contributed by atoms with Crippen LogP contribution >= 0.6 is 0 Å². The first-order valence-corrected chi connectivity index (χ1v) is 4.99. The van der Waals surface area contributed by atoms with Crippen LogP contribution in [0.3, 0.4) is 0 Å². The summed E-state index contributed by atoms with van der Waals surface area (Å²) >= 11 is 0. The van der Waals surface area contributed by atoms with Crippen LogP contribution in [0.25, 0.3) is 0 Å². The quantitative estimate of drug-likeness (QED) is 0.891. The van der Waals surface area contributed by atoms with Crippen LogP contribution in [-0.2, 0) is 6.18 Å². The Labute approximate surface area is 94.8 Å². The SMILES string of the molecule is O=C(O)c1cc(C(F)(F)F)ccc1OC1CC1. The number of ether oxygens (including phenoxy) is 1. The summed E-state index contributed by atoms with van der Waals surface area (Å²) in [7, 11) is 0. The monoisotopic (exact) mass is 246 g/mol. The lowest BCUT2D eigenvalue weighted by molar-refractivity contribution is -0.137. The van der Waals surface area contributed by atoms with Gasteiger partial charge < -0.3 is 9.84 Å². The number of benzene rings is 1. The second-order valence-electron chi connectivity index (χ2n) is 3.83. The molecule has 0 amide bonds. The first kappa shape index (κ1) is 11.8. The van der Waals surface area contributed by atoms with Gasteiger partial charge in [-0.05, 0) is 31.0 Å². The Morgan fingerprint density at radius 3 is 2.47 bits per heavy atom. The Hall–Kier alpha value is -1.72. The molecular formula is C11H9F3O3. The molecule has 0 atom stereocenters. The van der Waals surface area contributed by atoms with Crippen molar-refractivity contribution in [2.75, 3.05) is 0 Å². The fraction of sp³-hybridized carbons (Fsp3) is 0.364. The molecule has 3 nitrogen and oxygen atoms in total. The second-order valence-corrected chi connectivity index (χ2v) is 3.83. The number of hydrogen-bond acceptors (Lipinski definition) is 2. The Bertz CT molecular complexity index is 450. The first-order chi connectivity index (χ1) is 7.88. The molecule has 0 unspecified atom stereocenters. The van der Waals surface area contributed by atoms with Gasteiger partial charge >= 0.3 is 12.1 Å². The molecule has 1 aromatic rings. The second kappa shape index (κ2) is 3.94. The highest BCUT2D eigenvalue weighted by molar-refractivity contribution is 5.91. The molecule has 0 aromatic heterocycles. The summed E-state index contributed by atoms with van der Waals surface area (Å²) in [6, 6.07) is 2.48. The summed E-state index contributed by atoms with van der Waals surface area (Å²) in [5.41, 5.74) is -1.44. The zero-order chi connectivity index (χ0) is 12.6. The minimum absolute atomic E-state index is 0.00648. The third kappa shape index (κ3) is 2.69.